The van der Waals surface area contributed by atoms with Crippen LogP contribution in [0.3, 0.4) is 0 Å². The molecule has 4 heteroatoms. The molecule has 2 aliphatic carbocycles. The van der Waals surface area contributed by atoms with Crippen LogP contribution >= 0.6 is 0 Å². The summed E-state index contributed by atoms with van der Waals surface area (Å²) >= 11 is 0. The van der Waals surface area contributed by atoms with Gasteiger partial charge in [-0.25, -0.2) is 0 Å². The molecule has 6 atom stereocenters. The Labute approximate surface area is 158 Å². The molecule has 0 aliphatic heterocycles. The number of hydrogen-bond donors (Lipinski definition) is 3. The van der Waals surface area contributed by atoms with Crippen LogP contribution in [0.2, 0.25) is 0 Å². The lowest BCUT2D eigenvalue weighted by Crippen LogP contribution is -2.19. The first-order chi connectivity index (χ1) is 12.4. The topological polar surface area (TPSA) is 77.8 Å². The summed E-state index contributed by atoms with van der Waals surface area (Å²) in [7, 11) is 0. The van der Waals surface area contributed by atoms with Crippen LogP contribution in [0.5, 0.6) is 0 Å². The van der Waals surface area contributed by atoms with Crippen molar-refractivity contribution in [3.63, 3.8) is 0 Å². The number of allylic oxidation sites excluding steroid dienone is 2. The van der Waals surface area contributed by atoms with Crippen molar-refractivity contribution in [1.29, 1.82) is 0 Å². The molecule has 2 saturated carbocycles. The number of aliphatic carboxylic acids is 1. The van der Waals surface area contributed by atoms with Gasteiger partial charge in [-0.2, -0.15) is 0 Å². The Balaban J connectivity index is 1.87. The monoisotopic (exact) mass is 364 g/mol. The number of fused-ring (bicyclic) bond motifs is 1. The maximum absolute atomic E-state index is 10.6. The molecule has 4 nitrogen and oxygen atoms in total. The highest BCUT2D eigenvalue weighted by atomic mass is 16.4. The normalized spacial score (nSPS) is 32.2. The van der Waals surface area contributed by atoms with Gasteiger partial charge in [-0.05, 0) is 56.3 Å². The molecule has 0 unspecified atom stereocenters. The number of aliphatic hydroxyl groups is 2. The molecule has 0 aromatic heterocycles. The van der Waals surface area contributed by atoms with Gasteiger partial charge in [0.2, 0.25) is 0 Å². The quantitative estimate of drug-likeness (QED) is 0.398. The second-order valence-corrected chi connectivity index (χ2v) is 8.36. The number of rotatable bonds is 10. The van der Waals surface area contributed by atoms with Gasteiger partial charge in [-0.1, -0.05) is 50.5 Å². The predicted octanol–water partition coefficient (Wildman–Crippen LogP) is 4.32. The standard InChI is InChI=1S/C22H36O4/c1-3-4-7-15(2)20(23)11-10-18-19-13-16(8-5-6-9-22(25)26)12-17(19)14-21(18)24/h8,10-11,15,17-21,23-24H,3-7,9,12-14H2,1-2H3,(H,25,26)/t15-,17-,18-,19+,20+,21-/m1/s1. The maximum Gasteiger partial charge on any atom is 0.303 e. The molecular weight excluding hydrogens is 328 g/mol. The average Bonchev–Trinajstić information content (AvgIpc) is 3.10. The van der Waals surface area contributed by atoms with Crippen LogP contribution < -0.4 is 0 Å². The van der Waals surface area contributed by atoms with Crippen LogP contribution in [0.15, 0.2) is 23.8 Å². The van der Waals surface area contributed by atoms with Gasteiger partial charge in [0.25, 0.3) is 0 Å². The maximum atomic E-state index is 10.6. The average molecular weight is 365 g/mol. The van der Waals surface area contributed by atoms with Crippen molar-refractivity contribution < 1.29 is 20.1 Å². The lowest BCUT2D eigenvalue weighted by atomic mass is 9.89. The van der Waals surface area contributed by atoms with Crippen molar-refractivity contribution in [2.45, 2.75) is 83.8 Å². The highest BCUT2D eigenvalue weighted by Gasteiger charge is 2.44. The minimum absolute atomic E-state index is 0.137. The number of hydrogen-bond acceptors (Lipinski definition) is 3. The molecule has 26 heavy (non-hydrogen) atoms. The Hall–Kier alpha value is -1.13. The van der Waals surface area contributed by atoms with E-state index < -0.39 is 12.1 Å². The Morgan fingerprint density at radius 1 is 1.31 bits per heavy atom. The molecule has 0 amide bonds. The third-order valence-electron chi connectivity index (χ3n) is 6.27. The van der Waals surface area contributed by atoms with E-state index in [1.54, 1.807) is 0 Å². The second kappa shape index (κ2) is 10.3. The van der Waals surface area contributed by atoms with Gasteiger partial charge in [0.15, 0.2) is 0 Å². The predicted molar refractivity (Wildman–Crippen MR) is 104 cm³/mol. The van der Waals surface area contributed by atoms with Crippen molar-refractivity contribution in [2.75, 3.05) is 0 Å². The van der Waals surface area contributed by atoms with Gasteiger partial charge in [0, 0.05) is 12.3 Å². The molecule has 0 radical (unpaired) electrons. The van der Waals surface area contributed by atoms with Crippen LogP contribution in [0, 0.1) is 23.7 Å². The van der Waals surface area contributed by atoms with Crippen LogP contribution in [-0.2, 0) is 4.79 Å². The minimum atomic E-state index is -0.730. The summed E-state index contributed by atoms with van der Waals surface area (Å²) < 4.78 is 0. The summed E-state index contributed by atoms with van der Waals surface area (Å²) in [5.74, 6) is 0.656. The zero-order valence-corrected chi connectivity index (χ0v) is 16.3. The molecule has 2 fully saturated rings. The number of unbranched alkanes of at least 4 members (excludes halogenated alkanes) is 2. The van der Waals surface area contributed by atoms with Crippen LogP contribution in [0.25, 0.3) is 0 Å². The van der Waals surface area contributed by atoms with E-state index in [9.17, 15) is 15.0 Å². The molecule has 2 aliphatic rings. The summed E-state index contributed by atoms with van der Waals surface area (Å²) in [4.78, 5) is 10.6. The Morgan fingerprint density at radius 2 is 2.08 bits per heavy atom. The Bertz CT molecular complexity index is 510. The highest BCUT2D eigenvalue weighted by Crippen LogP contribution is 2.50. The summed E-state index contributed by atoms with van der Waals surface area (Å²) in [6, 6.07) is 0. The molecular formula is C22H36O4. The third-order valence-corrected chi connectivity index (χ3v) is 6.27. The Morgan fingerprint density at radius 3 is 2.77 bits per heavy atom. The Kier molecular flexibility index (Phi) is 8.36. The van der Waals surface area contributed by atoms with E-state index in [0.717, 1.165) is 44.9 Å². The van der Waals surface area contributed by atoms with Crippen molar-refractivity contribution in [1.82, 2.24) is 0 Å². The molecule has 0 spiro atoms. The first-order valence-corrected chi connectivity index (χ1v) is 10.4. The first-order valence-electron chi connectivity index (χ1n) is 10.4. The van der Waals surface area contributed by atoms with E-state index in [1.807, 2.05) is 6.08 Å². The van der Waals surface area contributed by atoms with Crippen molar-refractivity contribution >= 4 is 5.97 Å². The zero-order chi connectivity index (χ0) is 19.1. The summed E-state index contributed by atoms with van der Waals surface area (Å²) in [6.45, 7) is 4.25. The van der Waals surface area contributed by atoms with Gasteiger partial charge < -0.3 is 15.3 Å². The first kappa shape index (κ1) is 21.2. The van der Waals surface area contributed by atoms with Crippen LogP contribution in [0.4, 0.5) is 0 Å². The lowest BCUT2D eigenvalue weighted by molar-refractivity contribution is -0.137. The van der Waals surface area contributed by atoms with E-state index in [1.165, 1.54) is 5.57 Å². The van der Waals surface area contributed by atoms with Crippen molar-refractivity contribution in [3.8, 4) is 0 Å². The van der Waals surface area contributed by atoms with Crippen molar-refractivity contribution in [2.24, 2.45) is 23.7 Å². The minimum Gasteiger partial charge on any atom is -0.481 e. The SMILES string of the molecule is CCCC[C@@H](C)[C@@H](O)C=C[C@@H]1[C@H]2CC(=CCCCC(=O)O)C[C@@H]2C[C@H]1O. The van der Waals surface area contributed by atoms with E-state index >= 15 is 0 Å². The number of carbonyl (C=O) groups is 1. The van der Waals surface area contributed by atoms with Crippen LogP contribution in [0.1, 0.15) is 71.6 Å². The number of carboxylic acids is 1. The zero-order valence-electron chi connectivity index (χ0n) is 16.3. The van der Waals surface area contributed by atoms with Crippen LogP contribution in [-0.4, -0.2) is 33.5 Å². The summed E-state index contributed by atoms with van der Waals surface area (Å²) in [6.07, 6.45) is 13.4. The van der Waals surface area contributed by atoms with Gasteiger partial charge in [-0.15, -0.1) is 0 Å². The molecule has 0 saturated heterocycles. The number of carboxylic acid groups (broad SMARTS) is 1. The highest BCUT2D eigenvalue weighted by molar-refractivity contribution is 5.66. The van der Waals surface area contributed by atoms with Crippen molar-refractivity contribution in [3.05, 3.63) is 23.8 Å². The fraction of sp³-hybridized carbons (Fsp3) is 0.773. The molecule has 3 N–H and O–H groups in total. The molecule has 2 rings (SSSR count). The molecule has 0 aromatic rings. The fourth-order valence-corrected chi connectivity index (χ4v) is 4.63. The largest absolute Gasteiger partial charge is 0.481 e. The van der Waals surface area contributed by atoms with E-state index in [2.05, 4.69) is 26.0 Å². The molecule has 0 aromatic carbocycles. The van der Waals surface area contributed by atoms with Gasteiger partial charge in [0.1, 0.15) is 0 Å². The van der Waals surface area contributed by atoms with E-state index in [-0.39, 0.29) is 24.4 Å². The van der Waals surface area contributed by atoms with Gasteiger partial charge in [-0.3, -0.25) is 4.79 Å². The molecule has 0 heterocycles. The smallest absolute Gasteiger partial charge is 0.303 e. The van der Waals surface area contributed by atoms with E-state index in [0.29, 0.717) is 18.3 Å². The third kappa shape index (κ3) is 5.95. The van der Waals surface area contributed by atoms with E-state index in [4.69, 9.17) is 5.11 Å². The van der Waals surface area contributed by atoms with Gasteiger partial charge >= 0.3 is 5.97 Å². The second-order valence-electron chi connectivity index (χ2n) is 8.36. The fourth-order valence-electron chi connectivity index (χ4n) is 4.63. The summed E-state index contributed by atoms with van der Waals surface area (Å²) in [5.41, 5.74) is 1.42. The number of aliphatic hydroxyl groups excluding tert-OH is 2. The molecule has 148 valence electrons. The van der Waals surface area contributed by atoms with Gasteiger partial charge in [0.05, 0.1) is 12.2 Å². The lowest BCUT2D eigenvalue weighted by Gasteiger charge is -2.19. The summed E-state index contributed by atoms with van der Waals surface area (Å²) in [5, 5.41) is 29.5. The molecule has 0 bridgehead atoms.